The summed E-state index contributed by atoms with van der Waals surface area (Å²) in [5, 5.41) is 3.39. The number of carbonyl (C=O) groups is 1. The quantitative estimate of drug-likeness (QED) is 0.723. The molecule has 1 fully saturated rings. The third-order valence-corrected chi connectivity index (χ3v) is 3.64. The molecule has 0 aromatic heterocycles. The van der Waals surface area contributed by atoms with Crippen LogP contribution in [-0.4, -0.2) is 49.2 Å². The first kappa shape index (κ1) is 17.7. The minimum Gasteiger partial charge on any atom is -0.380 e. The molecule has 1 heterocycles. The van der Waals surface area contributed by atoms with Crippen molar-refractivity contribution in [3.8, 4) is 0 Å². The van der Waals surface area contributed by atoms with E-state index >= 15 is 0 Å². The van der Waals surface area contributed by atoms with E-state index in [1.54, 1.807) is 0 Å². The summed E-state index contributed by atoms with van der Waals surface area (Å²) in [6, 6.07) is 0. The van der Waals surface area contributed by atoms with E-state index in [4.69, 9.17) is 4.74 Å². The van der Waals surface area contributed by atoms with Crippen molar-refractivity contribution in [2.45, 2.75) is 45.6 Å². The lowest BCUT2D eigenvalue weighted by molar-refractivity contribution is -0.138. The van der Waals surface area contributed by atoms with Gasteiger partial charge in [0.15, 0.2) is 0 Å². The molecule has 1 unspecified atom stereocenters. The molecule has 1 aliphatic heterocycles. The van der Waals surface area contributed by atoms with Gasteiger partial charge in [0.2, 0.25) is 5.91 Å². The van der Waals surface area contributed by atoms with Crippen LogP contribution >= 0.6 is 12.4 Å². The second kappa shape index (κ2) is 8.73. The second-order valence-electron chi connectivity index (χ2n) is 4.55. The summed E-state index contributed by atoms with van der Waals surface area (Å²) in [5.41, 5.74) is -0.303. The molecule has 1 amide bonds. The predicted molar refractivity (Wildman–Crippen MR) is 76.3 cm³/mol. The number of halogens is 1. The third-order valence-electron chi connectivity index (χ3n) is 3.64. The zero-order chi connectivity index (χ0) is 12.7. The van der Waals surface area contributed by atoms with E-state index in [9.17, 15) is 4.79 Å². The summed E-state index contributed by atoms with van der Waals surface area (Å²) in [4.78, 5) is 14.4. The summed E-state index contributed by atoms with van der Waals surface area (Å²) in [7, 11) is 0. The van der Waals surface area contributed by atoms with Gasteiger partial charge in [0.1, 0.15) is 0 Å². The van der Waals surface area contributed by atoms with Crippen LogP contribution in [0.4, 0.5) is 0 Å². The highest BCUT2D eigenvalue weighted by Crippen LogP contribution is 2.25. The largest absolute Gasteiger partial charge is 0.380 e. The average Bonchev–Trinajstić information content (AvgIpc) is 2.84. The van der Waals surface area contributed by atoms with Gasteiger partial charge in [-0.05, 0) is 39.7 Å². The molecule has 108 valence electrons. The van der Waals surface area contributed by atoms with Gasteiger partial charge in [-0.15, -0.1) is 12.4 Å². The Morgan fingerprint density at radius 3 is 2.56 bits per heavy atom. The highest BCUT2D eigenvalue weighted by atomic mass is 35.5. The van der Waals surface area contributed by atoms with Crippen LogP contribution in [0.5, 0.6) is 0 Å². The van der Waals surface area contributed by atoms with Gasteiger partial charge in [-0.3, -0.25) is 4.79 Å². The van der Waals surface area contributed by atoms with Crippen molar-refractivity contribution in [3.05, 3.63) is 0 Å². The molecule has 0 aromatic rings. The summed E-state index contributed by atoms with van der Waals surface area (Å²) >= 11 is 0. The van der Waals surface area contributed by atoms with E-state index in [1.807, 2.05) is 18.7 Å². The molecule has 1 atom stereocenters. The Hall–Kier alpha value is -0.320. The summed E-state index contributed by atoms with van der Waals surface area (Å²) in [6.45, 7) is 9.86. The first-order valence-electron chi connectivity index (χ1n) is 6.82. The fourth-order valence-electron chi connectivity index (χ4n) is 2.47. The van der Waals surface area contributed by atoms with E-state index in [1.165, 1.54) is 0 Å². The van der Waals surface area contributed by atoms with Gasteiger partial charge >= 0.3 is 0 Å². The maximum absolute atomic E-state index is 12.5. The molecular formula is C13H27ClN2O2. The van der Waals surface area contributed by atoms with Gasteiger partial charge in [0.05, 0.1) is 12.1 Å². The molecule has 1 aliphatic rings. The van der Waals surface area contributed by atoms with E-state index in [0.717, 1.165) is 32.4 Å². The molecule has 0 radical (unpaired) electrons. The van der Waals surface area contributed by atoms with Crippen molar-refractivity contribution in [1.82, 2.24) is 10.2 Å². The van der Waals surface area contributed by atoms with E-state index in [0.29, 0.717) is 19.8 Å². The number of carbonyl (C=O) groups excluding carboxylic acids is 1. The Morgan fingerprint density at radius 2 is 2.11 bits per heavy atom. The summed E-state index contributed by atoms with van der Waals surface area (Å²) in [5.74, 6) is 0.250. The van der Waals surface area contributed by atoms with Crippen LogP contribution in [-0.2, 0) is 9.53 Å². The first-order chi connectivity index (χ1) is 8.20. The monoisotopic (exact) mass is 278 g/mol. The van der Waals surface area contributed by atoms with Crippen molar-refractivity contribution < 1.29 is 9.53 Å². The number of likely N-dealkylation sites (N-methyl/N-ethyl adjacent to an activating group) is 1. The summed E-state index contributed by atoms with van der Waals surface area (Å²) in [6.07, 6.45) is 2.94. The van der Waals surface area contributed by atoms with Crippen molar-refractivity contribution in [3.63, 3.8) is 0 Å². The lowest BCUT2D eigenvalue weighted by Gasteiger charge is -2.33. The second-order valence-corrected chi connectivity index (χ2v) is 4.55. The minimum atomic E-state index is -0.303. The molecular weight excluding hydrogens is 252 g/mol. The molecule has 0 aromatic carbocycles. The predicted octanol–water partition coefficient (Wildman–Crippen LogP) is 1.83. The molecule has 1 N–H and O–H groups in total. The lowest BCUT2D eigenvalue weighted by atomic mass is 9.92. The molecule has 0 aliphatic carbocycles. The van der Waals surface area contributed by atoms with Crippen LogP contribution < -0.4 is 5.32 Å². The average molecular weight is 279 g/mol. The lowest BCUT2D eigenvalue weighted by Crippen LogP contribution is -2.55. The molecule has 0 bridgehead atoms. The molecule has 4 nitrogen and oxygen atoms in total. The highest BCUT2D eigenvalue weighted by Gasteiger charge is 2.41. The maximum atomic E-state index is 12.5. The zero-order valence-electron chi connectivity index (χ0n) is 11.8. The molecule has 1 rings (SSSR count). The molecule has 1 saturated heterocycles. The van der Waals surface area contributed by atoms with Crippen molar-refractivity contribution in [1.29, 1.82) is 0 Å². The van der Waals surface area contributed by atoms with Crippen LogP contribution in [0.1, 0.15) is 40.0 Å². The number of rotatable bonds is 7. The Bertz CT molecular complexity index is 243. The minimum absolute atomic E-state index is 0. The number of amides is 1. The van der Waals surface area contributed by atoms with Gasteiger partial charge in [-0.25, -0.2) is 0 Å². The van der Waals surface area contributed by atoms with Gasteiger partial charge in [0, 0.05) is 19.7 Å². The van der Waals surface area contributed by atoms with Crippen molar-refractivity contribution in [2.24, 2.45) is 0 Å². The smallest absolute Gasteiger partial charge is 0.242 e. The Labute approximate surface area is 117 Å². The van der Waals surface area contributed by atoms with Crippen LogP contribution in [0.15, 0.2) is 0 Å². The molecule has 5 heteroatoms. The Kier molecular flexibility index (Phi) is 8.57. The van der Waals surface area contributed by atoms with Gasteiger partial charge in [-0.2, -0.15) is 0 Å². The van der Waals surface area contributed by atoms with E-state index in [2.05, 4.69) is 12.2 Å². The van der Waals surface area contributed by atoms with Crippen LogP contribution in [0, 0.1) is 0 Å². The fraction of sp³-hybridized carbons (Fsp3) is 0.923. The molecule has 0 saturated carbocycles. The van der Waals surface area contributed by atoms with Gasteiger partial charge in [-0.1, -0.05) is 6.92 Å². The zero-order valence-corrected chi connectivity index (χ0v) is 12.6. The number of nitrogens with one attached hydrogen (secondary N) is 1. The highest BCUT2D eigenvalue weighted by molar-refractivity contribution is 5.86. The Morgan fingerprint density at radius 1 is 1.39 bits per heavy atom. The van der Waals surface area contributed by atoms with E-state index < -0.39 is 0 Å². The third kappa shape index (κ3) is 4.11. The topological polar surface area (TPSA) is 41.6 Å². The first-order valence-corrected chi connectivity index (χ1v) is 6.82. The SMILES string of the molecule is CCOCCN(CC)C(=O)C1(CC)CCCN1.Cl. The number of hydrogen-bond acceptors (Lipinski definition) is 3. The van der Waals surface area contributed by atoms with Crippen LogP contribution in [0.25, 0.3) is 0 Å². The summed E-state index contributed by atoms with van der Waals surface area (Å²) < 4.78 is 5.33. The van der Waals surface area contributed by atoms with Crippen LogP contribution in [0.2, 0.25) is 0 Å². The normalized spacial score (nSPS) is 22.6. The fourth-order valence-corrected chi connectivity index (χ4v) is 2.47. The van der Waals surface area contributed by atoms with Gasteiger partial charge < -0.3 is 15.0 Å². The molecule has 18 heavy (non-hydrogen) atoms. The van der Waals surface area contributed by atoms with Crippen LogP contribution in [0.3, 0.4) is 0 Å². The molecule has 0 spiro atoms. The number of ether oxygens (including phenoxy) is 1. The maximum Gasteiger partial charge on any atom is 0.242 e. The van der Waals surface area contributed by atoms with Gasteiger partial charge in [0.25, 0.3) is 0 Å². The number of nitrogens with zero attached hydrogens (tertiary/aromatic N) is 1. The van der Waals surface area contributed by atoms with Crippen molar-refractivity contribution in [2.75, 3.05) is 32.8 Å². The standard InChI is InChI=1S/C13H26N2O2.ClH/c1-4-13(8-7-9-14-13)12(16)15(5-2)10-11-17-6-3;/h14H,4-11H2,1-3H3;1H. The van der Waals surface area contributed by atoms with E-state index in [-0.39, 0.29) is 23.9 Å². The Balaban J connectivity index is 0.00000289. The number of hydrogen-bond donors (Lipinski definition) is 1. The van der Waals surface area contributed by atoms with Crippen molar-refractivity contribution >= 4 is 18.3 Å².